The molecule has 0 aromatic rings. The number of amides is 1. The first-order valence-corrected chi connectivity index (χ1v) is 7.77. The molecule has 0 aliphatic carbocycles. The molecular formula is C15H28N2O4. The van der Waals surface area contributed by atoms with Crippen LogP contribution in [-0.2, 0) is 19.1 Å². The van der Waals surface area contributed by atoms with E-state index in [4.69, 9.17) is 9.47 Å². The maximum absolute atomic E-state index is 12.1. The number of nitrogens with zero attached hydrogens (tertiary/aromatic N) is 1. The first-order valence-electron chi connectivity index (χ1n) is 7.77. The van der Waals surface area contributed by atoms with Crippen molar-refractivity contribution < 1.29 is 19.1 Å². The predicted molar refractivity (Wildman–Crippen MR) is 79.9 cm³/mol. The minimum Gasteiger partial charge on any atom is -0.468 e. The van der Waals surface area contributed by atoms with E-state index < -0.39 is 6.04 Å². The van der Waals surface area contributed by atoms with Crippen LogP contribution in [0.1, 0.15) is 39.5 Å². The van der Waals surface area contributed by atoms with Gasteiger partial charge in [-0.25, -0.2) is 0 Å². The second-order valence-corrected chi connectivity index (χ2v) is 5.55. The zero-order valence-corrected chi connectivity index (χ0v) is 13.4. The van der Waals surface area contributed by atoms with E-state index in [0.29, 0.717) is 13.2 Å². The van der Waals surface area contributed by atoms with Gasteiger partial charge in [-0.3, -0.25) is 14.5 Å². The number of hydrogen-bond donors (Lipinski definition) is 1. The van der Waals surface area contributed by atoms with Gasteiger partial charge in [-0.15, -0.1) is 0 Å². The van der Waals surface area contributed by atoms with Gasteiger partial charge in [0.1, 0.15) is 6.04 Å². The molecule has 2 atom stereocenters. The number of methoxy groups -OCH3 is 1. The number of morpholine rings is 1. The van der Waals surface area contributed by atoms with Crippen molar-refractivity contribution in [1.82, 2.24) is 10.2 Å². The van der Waals surface area contributed by atoms with Crippen molar-refractivity contribution >= 4 is 11.9 Å². The molecule has 0 radical (unpaired) electrons. The number of unbranched alkanes of at least 4 members (excludes halogenated alkanes) is 2. The predicted octanol–water partition coefficient (Wildman–Crippen LogP) is 0.945. The average molecular weight is 300 g/mol. The highest BCUT2D eigenvalue weighted by molar-refractivity contribution is 5.80. The Morgan fingerprint density at radius 1 is 1.43 bits per heavy atom. The van der Waals surface area contributed by atoms with Crippen LogP contribution in [0.3, 0.4) is 0 Å². The number of carbonyl (C=O) groups excluding carboxylic acids is 2. The summed E-state index contributed by atoms with van der Waals surface area (Å²) in [5.74, 6) is -0.395. The van der Waals surface area contributed by atoms with Gasteiger partial charge in [-0.1, -0.05) is 26.2 Å². The molecule has 122 valence electrons. The fraction of sp³-hybridized carbons (Fsp3) is 0.867. The Morgan fingerprint density at radius 3 is 2.86 bits per heavy atom. The summed E-state index contributed by atoms with van der Waals surface area (Å²) >= 11 is 0. The number of rotatable bonds is 8. The summed E-state index contributed by atoms with van der Waals surface area (Å²) in [6.07, 6.45) is 4.48. The lowest BCUT2D eigenvalue weighted by atomic mass is 10.1. The number of hydrogen-bond acceptors (Lipinski definition) is 5. The van der Waals surface area contributed by atoms with Gasteiger partial charge >= 0.3 is 5.97 Å². The standard InChI is InChI=1S/C15H28N2O4/c1-4-5-6-7-12(2)16-14(18)10-17-8-9-21-11-13(17)15(19)20-3/h12-13H,4-11H2,1-3H3,(H,16,18). The fourth-order valence-corrected chi connectivity index (χ4v) is 2.46. The van der Waals surface area contributed by atoms with E-state index in [9.17, 15) is 9.59 Å². The SMILES string of the molecule is CCCCCC(C)NC(=O)CN1CCOCC1C(=O)OC. The van der Waals surface area contributed by atoms with Gasteiger partial charge in [-0.05, 0) is 13.3 Å². The fourth-order valence-electron chi connectivity index (χ4n) is 2.46. The van der Waals surface area contributed by atoms with E-state index in [0.717, 1.165) is 12.8 Å². The second kappa shape index (κ2) is 9.73. The maximum Gasteiger partial charge on any atom is 0.325 e. The van der Waals surface area contributed by atoms with Crippen molar-refractivity contribution in [3.05, 3.63) is 0 Å². The first-order chi connectivity index (χ1) is 10.1. The number of nitrogens with one attached hydrogen (secondary N) is 1. The Morgan fingerprint density at radius 2 is 2.19 bits per heavy atom. The molecule has 1 N–H and O–H groups in total. The Balaban J connectivity index is 2.38. The third-order valence-electron chi connectivity index (χ3n) is 3.71. The molecule has 1 heterocycles. The number of esters is 1. The molecular weight excluding hydrogens is 272 g/mol. The topological polar surface area (TPSA) is 67.9 Å². The molecule has 0 aromatic carbocycles. The number of carbonyl (C=O) groups is 2. The van der Waals surface area contributed by atoms with Gasteiger partial charge in [0.25, 0.3) is 0 Å². The zero-order chi connectivity index (χ0) is 15.7. The van der Waals surface area contributed by atoms with Crippen LogP contribution in [0.5, 0.6) is 0 Å². The molecule has 1 fully saturated rings. The van der Waals surface area contributed by atoms with Gasteiger partial charge in [0.2, 0.25) is 5.91 Å². The highest BCUT2D eigenvalue weighted by Gasteiger charge is 2.31. The van der Waals surface area contributed by atoms with E-state index >= 15 is 0 Å². The van der Waals surface area contributed by atoms with E-state index in [1.54, 1.807) is 0 Å². The quantitative estimate of drug-likeness (QED) is 0.534. The van der Waals surface area contributed by atoms with Gasteiger partial charge in [-0.2, -0.15) is 0 Å². The summed E-state index contributed by atoms with van der Waals surface area (Å²) in [4.78, 5) is 25.6. The Bertz CT molecular complexity index is 336. The van der Waals surface area contributed by atoms with Crippen LogP contribution in [0.4, 0.5) is 0 Å². The minimum atomic E-state index is -0.482. The Kier molecular flexibility index (Phi) is 8.30. The van der Waals surface area contributed by atoms with Crippen molar-refractivity contribution in [3.63, 3.8) is 0 Å². The molecule has 1 saturated heterocycles. The first kappa shape index (κ1) is 17.9. The second-order valence-electron chi connectivity index (χ2n) is 5.55. The van der Waals surface area contributed by atoms with E-state index in [1.165, 1.54) is 20.0 Å². The molecule has 1 amide bonds. The molecule has 1 rings (SSSR count). The van der Waals surface area contributed by atoms with E-state index in [1.807, 2.05) is 11.8 Å². The Hall–Kier alpha value is -1.14. The molecule has 21 heavy (non-hydrogen) atoms. The Labute approximate surface area is 127 Å². The largest absolute Gasteiger partial charge is 0.468 e. The van der Waals surface area contributed by atoms with Gasteiger partial charge in [0.15, 0.2) is 0 Å². The van der Waals surface area contributed by atoms with E-state index in [-0.39, 0.29) is 31.1 Å². The van der Waals surface area contributed by atoms with Crippen LogP contribution in [0, 0.1) is 0 Å². The summed E-state index contributed by atoms with van der Waals surface area (Å²) in [6.45, 7) is 5.77. The third-order valence-corrected chi connectivity index (χ3v) is 3.71. The maximum atomic E-state index is 12.1. The molecule has 6 heteroatoms. The summed E-state index contributed by atoms with van der Waals surface area (Å²) in [6, 6.07) is -0.313. The highest BCUT2D eigenvalue weighted by atomic mass is 16.5. The van der Waals surface area contributed by atoms with Crippen LogP contribution in [0.25, 0.3) is 0 Å². The normalized spacial score (nSPS) is 20.8. The molecule has 0 saturated carbocycles. The van der Waals surface area contributed by atoms with Gasteiger partial charge in [0, 0.05) is 12.6 Å². The lowest BCUT2D eigenvalue weighted by molar-refractivity contribution is -0.154. The zero-order valence-electron chi connectivity index (χ0n) is 13.4. The average Bonchev–Trinajstić information content (AvgIpc) is 2.47. The van der Waals surface area contributed by atoms with Gasteiger partial charge < -0.3 is 14.8 Å². The molecule has 0 bridgehead atoms. The van der Waals surface area contributed by atoms with Crippen LogP contribution in [-0.4, -0.2) is 62.3 Å². The lowest BCUT2D eigenvalue weighted by Gasteiger charge is -2.33. The molecule has 1 aliphatic heterocycles. The smallest absolute Gasteiger partial charge is 0.325 e. The minimum absolute atomic E-state index is 0.0465. The third kappa shape index (κ3) is 6.44. The van der Waals surface area contributed by atoms with Crippen LogP contribution in [0.15, 0.2) is 0 Å². The van der Waals surface area contributed by atoms with Crippen molar-refractivity contribution in [3.8, 4) is 0 Å². The number of ether oxygens (including phenoxy) is 2. The molecule has 1 aliphatic rings. The highest BCUT2D eigenvalue weighted by Crippen LogP contribution is 2.08. The molecule has 6 nitrogen and oxygen atoms in total. The van der Waals surface area contributed by atoms with Crippen LogP contribution < -0.4 is 5.32 Å². The summed E-state index contributed by atoms with van der Waals surface area (Å²) in [5, 5.41) is 2.99. The van der Waals surface area contributed by atoms with E-state index in [2.05, 4.69) is 12.2 Å². The van der Waals surface area contributed by atoms with Crippen molar-refractivity contribution in [1.29, 1.82) is 0 Å². The molecule has 2 unspecified atom stereocenters. The summed E-state index contributed by atoms with van der Waals surface area (Å²) in [5.41, 5.74) is 0. The van der Waals surface area contributed by atoms with Crippen molar-refractivity contribution in [2.45, 2.75) is 51.6 Å². The molecule has 0 aromatic heterocycles. The van der Waals surface area contributed by atoms with Crippen LogP contribution in [0.2, 0.25) is 0 Å². The summed E-state index contributed by atoms with van der Waals surface area (Å²) < 4.78 is 10.0. The van der Waals surface area contributed by atoms with Crippen molar-refractivity contribution in [2.75, 3.05) is 33.4 Å². The lowest BCUT2D eigenvalue weighted by Crippen LogP contribution is -2.54. The van der Waals surface area contributed by atoms with Crippen molar-refractivity contribution in [2.24, 2.45) is 0 Å². The van der Waals surface area contributed by atoms with Crippen LogP contribution >= 0.6 is 0 Å². The molecule has 0 spiro atoms. The van der Waals surface area contributed by atoms with Gasteiger partial charge in [0.05, 0.1) is 26.9 Å². The monoisotopic (exact) mass is 300 g/mol. The summed E-state index contributed by atoms with van der Waals surface area (Å²) in [7, 11) is 1.35.